The zero-order valence-electron chi connectivity index (χ0n) is 11.1. The molecular formula is C14H18ClFN2O2. The molecule has 6 heteroatoms. The minimum absolute atomic E-state index is 0.0872. The van der Waals surface area contributed by atoms with E-state index in [1.165, 1.54) is 18.2 Å². The Morgan fingerprint density at radius 1 is 1.45 bits per heavy atom. The fourth-order valence-electron chi connectivity index (χ4n) is 2.09. The quantitative estimate of drug-likeness (QED) is 0.812. The first kappa shape index (κ1) is 15.2. The van der Waals surface area contributed by atoms with E-state index in [0.29, 0.717) is 24.2 Å². The second-order valence-electron chi connectivity index (χ2n) is 4.91. The molecule has 0 radical (unpaired) electrons. The van der Waals surface area contributed by atoms with Crippen molar-refractivity contribution >= 4 is 23.2 Å². The zero-order chi connectivity index (χ0) is 14.5. The average Bonchev–Trinajstić information content (AvgIpc) is 3.22. The number of benzene rings is 1. The Balaban J connectivity index is 1.82. The fraction of sp³-hybridized carbons (Fsp3) is 0.500. The molecule has 4 nitrogen and oxygen atoms in total. The van der Waals surface area contributed by atoms with E-state index in [1.807, 2.05) is 0 Å². The first-order valence-electron chi connectivity index (χ1n) is 6.70. The van der Waals surface area contributed by atoms with E-state index in [9.17, 15) is 9.18 Å². The SMILES string of the molecule is O=C(CCN(CCO)C1CC1)Nc1ccc(Cl)cc1F. The van der Waals surface area contributed by atoms with Gasteiger partial charge in [0, 0.05) is 30.6 Å². The van der Waals surface area contributed by atoms with Crippen molar-refractivity contribution < 1.29 is 14.3 Å². The number of hydrogen-bond acceptors (Lipinski definition) is 3. The first-order chi connectivity index (χ1) is 9.60. The number of nitrogens with zero attached hydrogens (tertiary/aromatic N) is 1. The number of aliphatic hydroxyl groups is 1. The van der Waals surface area contributed by atoms with E-state index in [2.05, 4.69) is 10.2 Å². The first-order valence-corrected chi connectivity index (χ1v) is 7.08. The van der Waals surface area contributed by atoms with Gasteiger partial charge in [0.25, 0.3) is 0 Å². The van der Waals surface area contributed by atoms with Crippen LogP contribution >= 0.6 is 11.6 Å². The van der Waals surface area contributed by atoms with Gasteiger partial charge in [-0.3, -0.25) is 9.69 Å². The van der Waals surface area contributed by atoms with Gasteiger partial charge < -0.3 is 10.4 Å². The van der Waals surface area contributed by atoms with Crippen molar-refractivity contribution in [3.63, 3.8) is 0 Å². The number of hydrogen-bond donors (Lipinski definition) is 2. The van der Waals surface area contributed by atoms with Crippen LogP contribution in [-0.2, 0) is 4.79 Å². The van der Waals surface area contributed by atoms with E-state index in [4.69, 9.17) is 16.7 Å². The molecule has 1 fully saturated rings. The third-order valence-electron chi connectivity index (χ3n) is 3.28. The third-order valence-corrected chi connectivity index (χ3v) is 3.52. The molecule has 1 aliphatic carbocycles. The van der Waals surface area contributed by atoms with Gasteiger partial charge in [-0.1, -0.05) is 11.6 Å². The summed E-state index contributed by atoms with van der Waals surface area (Å²) in [6, 6.07) is 4.63. The topological polar surface area (TPSA) is 52.6 Å². The molecule has 0 unspecified atom stereocenters. The van der Waals surface area contributed by atoms with Crippen LogP contribution in [0.5, 0.6) is 0 Å². The summed E-state index contributed by atoms with van der Waals surface area (Å²) in [6.07, 6.45) is 2.51. The molecule has 0 heterocycles. The highest BCUT2D eigenvalue weighted by Gasteiger charge is 2.28. The maximum absolute atomic E-state index is 13.5. The van der Waals surface area contributed by atoms with Crippen LogP contribution in [0.25, 0.3) is 0 Å². The van der Waals surface area contributed by atoms with Crippen LogP contribution in [0.2, 0.25) is 5.02 Å². The maximum Gasteiger partial charge on any atom is 0.225 e. The van der Waals surface area contributed by atoms with Gasteiger partial charge in [0.05, 0.1) is 12.3 Å². The van der Waals surface area contributed by atoms with E-state index in [0.717, 1.165) is 12.8 Å². The van der Waals surface area contributed by atoms with Gasteiger partial charge in [-0.25, -0.2) is 4.39 Å². The molecule has 1 aliphatic rings. The van der Waals surface area contributed by atoms with Gasteiger partial charge in [0.2, 0.25) is 5.91 Å². The molecule has 0 aromatic heterocycles. The van der Waals surface area contributed by atoms with Gasteiger partial charge in [-0.05, 0) is 31.0 Å². The summed E-state index contributed by atoms with van der Waals surface area (Å²) >= 11 is 5.65. The summed E-state index contributed by atoms with van der Waals surface area (Å²) in [5, 5.41) is 11.8. The van der Waals surface area contributed by atoms with Gasteiger partial charge in [0.15, 0.2) is 0 Å². The van der Waals surface area contributed by atoms with Crippen molar-refractivity contribution in [1.82, 2.24) is 4.90 Å². The number of amides is 1. The molecule has 0 aliphatic heterocycles. The monoisotopic (exact) mass is 300 g/mol. The van der Waals surface area contributed by atoms with Gasteiger partial charge >= 0.3 is 0 Å². The second kappa shape index (κ2) is 7.02. The lowest BCUT2D eigenvalue weighted by Gasteiger charge is -2.20. The molecule has 2 N–H and O–H groups in total. The number of carbonyl (C=O) groups excluding carboxylic acids is 1. The minimum atomic E-state index is -0.541. The highest BCUT2D eigenvalue weighted by atomic mass is 35.5. The Kier molecular flexibility index (Phi) is 5.34. The van der Waals surface area contributed by atoms with Crippen LogP contribution in [0, 0.1) is 5.82 Å². The molecular weight excluding hydrogens is 283 g/mol. The number of anilines is 1. The van der Waals surface area contributed by atoms with Crippen molar-refractivity contribution in [2.75, 3.05) is 25.0 Å². The van der Waals surface area contributed by atoms with Crippen LogP contribution in [-0.4, -0.2) is 41.7 Å². The molecule has 0 atom stereocenters. The number of rotatable bonds is 7. The smallest absolute Gasteiger partial charge is 0.225 e. The minimum Gasteiger partial charge on any atom is -0.395 e. The molecule has 0 bridgehead atoms. The molecule has 20 heavy (non-hydrogen) atoms. The third kappa shape index (κ3) is 4.44. The van der Waals surface area contributed by atoms with Crippen molar-refractivity contribution in [2.24, 2.45) is 0 Å². The van der Waals surface area contributed by atoms with Crippen molar-refractivity contribution in [2.45, 2.75) is 25.3 Å². The summed E-state index contributed by atoms with van der Waals surface area (Å²) in [5.41, 5.74) is 0.138. The number of aliphatic hydroxyl groups excluding tert-OH is 1. The Morgan fingerprint density at radius 3 is 2.80 bits per heavy atom. The highest BCUT2D eigenvalue weighted by molar-refractivity contribution is 6.30. The summed E-state index contributed by atoms with van der Waals surface area (Å²) in [6.45, 7) is 1.24. The predicted octanol–water partition coefficient (Wildman–Crippen LogP) is 2.26. The standard InChI is InChI=1S/C14H18ClFN2O2/c15-10-1-4-13(12(16)9-10)17-14(20)5-6-18(7-8-19)11-2-3-11/h1,4,9,11,19H,2-3,5-8H2,(H,17,20). The van der Waals surface area contributed by atoms with E-state index < -0.39 is 5.82 Å². The molecule has 2 rings (SSSR count). The molecule has 0 saturated heterocycles. The summed E-state index contributed by atoms with van der Waals surface area (Å²) in [4.78, 5) is 13.9. The Morgan fingerprint density at radius 2 is 2.20 bits per heavy atom. The van der Waals surface area contributed by atoms with Crippen LogP contribution in [0.3, 0.4) is 0 Å². The molecule has 1 amide bonds. The van der Waals surface area contributed by atoms with Gasteiger partial charge in [-0.15, -0.1) is 0 Å². The lowest BCUT2D eigenvalue weighted by atomic mass is 10.3. The normalized spacial score (nSPS) is 14.6. The Bertz CT molecular complexity index is 480. The summed E-state index contributed by atoms with van der Waals surface area (Å²) in [7, 11) is 0. The lowest BCUT2D eigenvalue weighted by molar-refractivity contribution is -0.116. The van der Waals surface area contributed by atoms with Crippen LogP contribution in [0.15, 0.2) is 18.2 Å². The maximum atomic E-state index is 13.5. The van der Waals surface area contributed by atoms with Crippen molar-refractivity contribution in [3.05, 3.63) is 29.0 Å². The molecule has 0 spiro atoms. The number of nitrogens with one attached hydrogen (secondary N) is 1. The van der Waals surface area contributed by atoms with Crippen molar-refractivity contribution in [3.8, 4) is 0 Å². The van der Waals surface area contributed by atoms with Crippen molar-refractivity contribution in [1.29, 1.82) is 0 Å². The van der Waals surface area contributed by atoms with Gasteiger partial charge in [0.1, 0.15) is 5.82 Å². The lowest BCUT2D eigenvalue weighted by Crippen LogP contribution is -2.32. The predicted molar refractivity (Wildman–Crippen MR) is 76.3 cm³/mol. The van der Waals surface area contributed by atoms with E-state index >= 15 is 0 Å². The fourth-order valence-corrected chi connectivity index (χ4v) is 2.25. The van der Waals surface area contributed by atoms with Crippen LogP contribution in [0.4, 0.5) is 10.1 Å². The molecule has 110 valence electrons. The Labute approximate surface area is 122 Å². The number of halogens is 2. The summed E-state index contributed by atoms with van der Waals surface area (Å²) in [5.74, 6) is -0.782. The van der Waals surface area contributed by atoms with E-state index in [-0.39, 0.29) is 24.6 Å². The van der Waals surface area contributed by atoms with Crippen LogP contribution < -0.4 is 5.32 Å². The van der Waals surface area contributed by atoms with Crippen LogP contribution in [0.1, 0.15) is 19.3 Å². The second-order valence-corrected chi connectivity index (χ2v) is 5.35. The largest absolute Gasteiger partial charge is 0.395 e. The van der Waals surface area contributed by atoms with Gasteiger partial charge in [-0.2, -0.15) is 0 Å². The summed E-state index contributed by atoms with van der Waals surface area (Å²) < 4.78 is 13.5. The number of carbonyl (C=O) groups is 1. The van der Waals surface area contributed by atoms with E-state index in [1.54, 1.807) is 0 Å². The average molecular weight is 301 g/mol. The molecule has 1 saturated carbocycles. The molecule has 1 aromatic carbocycles. The highest BCUT2D eigenvalue weighted by Crippen LogP contribution is 2.26. The Hall–Kier alpha value is -1.17. The zero-order valence-corrected chi connectivity index (χ0v) is 11.9. The molecule has 1 aromatic rings.